The summed E-state index contributed by atoms with van der Waals surface area (Å²) in [5.41, 5.74) is 2.30. The molecule has 2 fully saturated rings. The van der Waals surface area contributed by atoms with Gasteiger partial charge in [0.2, 0.25) is 0 Å². The van der Waals surface area contributed by atoms with E-state index in [1.54, 1.807) is 36.4 Å². The van der Waals surface area contributed by atoms with Crippen LogP contribution in [-0.2, 0) is 23.1 Å². The van der Waals surface area contributed by atoms with Gasteiger partial charge in [0.1, 0.15) is 4.90 Å². The number of hydrogen-bond acceptors (Lipinski definition) is 5. The second-order valence-electron chi connectivity index (χ2n) is 10.0. The minimum absolute atomic E-state index is 0.121. The summed E-state index contributed by atoms with van der Waals surface area (Å²) in [5, 5.41) is 0.804. The number of carbonyl (C=O) groups is 1. The highest BCUT2D eigenvalue weighted by Crippen LogP contribution is 2.45. The van der Waals surface area contributed by atoms with Crippen LogP contribution < -0.4 is 9.80 Å². The molecule has 3 aromatic rings. The summed E-state index contributed by atoms with van der Waals surface area (Å²) in [6.45, 7) is 3.40. The third-order valence-electron chi connectivity index (χ3n) is 7.68. The lowest BCUT2D eigenvalue weighted by Crippen LogP contribution is -2.53. The van der Waals surface area contributed by atoms with Gasteiger partial charge >= 0.3 is 6.03 Å². The van der Waals surface area contributed by atoms with Crippen LogP contribution in [0.1, 0.15) is 24.0 Å². The minimum atomic E-state index is -4.22. The van der Waals surface area contributed by atoms with Gasteiger partial charge < -0.3 is 4.90 Å². The van der Waals surface area contributed by atoms with Crippen LogP contribution in [0, 0.1) is 0 Å². The highest BCUT2D eigenvalue weighted by atomic mass is 35.5. The van der Waals surface area contributed by atoms with Crippen LogP contribution in [0.2, 0.25) is 10.0 Å². The van der Waals surface area contributed by atoms with Crippen LogP contribution in [0.3, 0.4) is 0 Å². The van der Waals surface area contributed by atoms with Gasteiger partial charge in [0, 0.05) is 35.7 Å². The van der Waals surface area contributed by atoms with Crippen LogP contribution in [0.5, 0.6) is 0 Å². The molecule has 0 bridgehead atoms. The van der Waals surface area contributed by atoms with Crippen LogP contribution in [0.25, 0.3) is 0 Å². The molecule has 0 radical (unpaired) electrons. The highest BCUT2D eigenvalue weighted by Gasteiger charge is 2.45. The molecule has 0 spiro atoms. The fraction of sp³-hybridized carbons (Fsp3) is 0.321. The molecule has 10 heteroatoms. The summed E-state index contributed by atoms with van der Waals surface area (Å²) >= 11 is 13.0. The number of amides is 2. The van der Waals surface area contributed by atoms with E-state index in [2.05, 4.69) is 9.80 Å². The first-order valence-electron chi connectivity index (χ1n) is 12.8. The van der Waals surface area contributed by atoms with Gasteiger partial charge in [-0.3, -0.25) is 9.80 Å². The van der Waals surface area contributed by atoms with Gasteiger partial charge in [0.15, 0.2) is 0 Å². The monoisotopic (exact) mass is 570 g/mol. The maximum atomic E-state index is 14.3. The van der Waals surface area contributed by atoms with Gasteiger partial charge in [-0.25, -0.2) is 17.5 Å². The maximum absolute atomic E-state index is 14.3. The Morgan fingerprint density at radius 1 is 0.868 bits per heavy atom. The number of piperazine rings is 1. The second kappa shape index (κ2) is 10.1. The van der Waals surface area contributed by atoms with Gasteiger partial charge in [-0.05, 0) is 48.7 Å². The molecule has 1 atom stereocenters. The SMILES string of the molecule is O=C1N(Cc2ccccc2)c2cc(Cl)cc(N3CCN4CCC[C@H]4C3)c2S(=O)(=O)N1Cc1ccccc1Cl. The first-order chi connectivity index (χ1) is 18.3. The van der Waals surface area contributed by atoms with Gasteiger partial charge in [-0.1, -0.05) is 71.7 Å². The van der Waals surface area contributed by atoms with Crippen molar-refractivity contribution in [3.8, 4) is 0 Å². The molecule has 198 valence electrons. The van der Waals surface area contributed by atoms with E-state index >= 15 is 0 Å². The fourth-order valence-corrected chi connectivity index (χ4v) is 7.90. The molecule has 7 nitrogen and oxygen atoms in total. The Kier molecular flexibility index (Phi) is 6.76. The normalized spacial score (nSPS) is 20.9. The van der Waals surface area contributed by atoms with E-state index in [4.69, 9.17) is 23.2 Å². The molecule has 0 aromatic heterocycles. The molecular formula is C28H28Cl2N4O3S. The van der Waals surface area contributed by atoms with Crippen molar-refractivity contribution in [2.75, 3.05) is 36.0 Å². The number of sulfonamides is 1. The van der Waals surface area contributed by atoms with Gasteiger partial charge in [-0.15, -0.1) is 0 Å². The fourth-order valence-electron chi connectivity index (χ4n) is 5.78. The number of rotatable bonds is 5. The number of hydrogen-bond donors (Lipinski definition) is 0. The summed E-state index contributed by atoms with van der Waals surface area (Å²) in [5.74, 6) is 0. The predicted molar refractivity (Wildman–Crippen MR) is 150 cm³/mol. The van der Waals surface area contributed by atoms with Gasteiger partial charge in [-0.2, -0.15) is 0 Å². The van der Waals surface area contributed by atoms with Crippen molar-refractivity contribution in [2.24, 2.45) is 0 Å². The van der Waals surface area contributed by atoms with E-state index in [9.17, 15) is 13.2 Å². The van der Waals surface area contributed by atoms with Crippen molar-refractivity contribution in [3.63, 3.8) is 0 Å². The summed E-state index contributed by atoms with van der Waals surface area (Å²) < 4.78 is 29.5. The van der Waals surface area contributed by atoms with Crippen LogP contribution in [0.15, 0.2) is 71.6 Å². The lowest BCUT2D eigenvalue weighted by atomic mass is 10.1. The van der Waals surface area contributed by atoms with Crippen molar-refractivity contribution < 1.29 is 13.2 Å². The Balaban J connectivity index is 1.49. The topological polar surface area (TPSA) is 64.2 Å². The molecule has 0 unspecified atom stereocenters. The number of benzene rings is 3. The number of anilines is 2. The summed E-state index contributed by atoms with van der Waals surface area (Å²) in [7, 11) is -4.22. The van der Waals surface area contributed by atoms with Crippen molar-refractivity contribution in [3.05, 3.63) is 87.9 Å². The Labute approximate surface area is 233 Å². The minimum Gasteiger partial charge on any atom is -0.367 e. The molecule has 3 aromatic carbocycles. The summed E-state index contributed by atoms with van der Waals surface area (Å²) in [6, 6.07) is 19.6. The Bertz CT molecular complexity index is 1480. The lowest BCUT2D eigenvalue weighted by molar-refractivity contribution is 0.225. The number of halogens is 2. The molecule has 3 heterocycles. The summed E-state index contributed by atoms with van der Waals surface area (Å²) in [4.78, 5) is 20.2. The molecule has 0 N–H and O–H groups in total. The molecule has 2 saturated heterocycles. The Hall–Kier alpha value is -2.78. The van der Waals surface area contributed by atoms with Crippen molar-refractivity contribution >= 4 is 50.6 Å². The molecule has 0 saturated carbocycles. The van der Waals surface area contributed by atoms with E-state index in [0.29, 0.717) is 39.6 Å². The highest BCUT2D eigenvalue weighted by molar-refractivity contribution is 7.90. The van der Waals surface area contributed by atoms with Gasteiger partial charge in [0.25, 0.3) is 10.0 Å². The Morgan fingerprint density at radius 2 is 1.61 bits per heavy atom. The average Bonchev–Trinajstić information content (AvgIpc) is 3.38. The first kappa shape index (κ1) is 25.5. The standard InChI is InChI=1S/C28H28Cl2N4O3S/c29-22-15-25(32-14-13-31-12-6-10-23(31)19-32)27-26(16-22)33(17-20-7-2-1-3-8-20)28(35)34(38(27,36)37)18-21-9-4-5-11-24(21)30/h1-5,7-9,11,15-16,23H,6,10,12-14,17-19H2/t23-/m0/s1. The van der Waals surface area contributed by atoms with Crippen molar-refractivity contribution in [1.29, 1.82) is 0 Å². The van der Waals surface area contributed by atoms with E-state index in [1.807, 2.05) is 30.3 Å². The molecule has 0 aliphatic carbocycles. The van der Waals surface area contributed by atoms with Crippen molar-refractivity contribution in [2.45, 2.75) is 36.9 Å². The third-order valence-corrected chi connectivity index (χ3v) is 10.1. The summed E-state index contributed by atoms with van der Waals surface area (Å²) in [6.07, 6.45) is 2.23. The molecule has 38 heavy (non-hydrogen) atoms. The number of carbonyl (C=O) groups excluding carboxylic acids is 1. The largest absolute Gasteiger partial charge is 0.367 e. The maximum Gasteiger partial charge on any atom is 0.339 e. The van der Waals surface area contributed by atoms with E-state index < -0.39 is 16.1 Å². The number of nitrogens with zero attached hydrogens (tertiary/aromatic N) is 4. The van der Waals surface area contributed by atoms with Crippen LogP contribution >= 0.6 is 23.2 Å². The van der Waals surface area contributed by atoms with Crippen molar-refractivity contribution in [1.82, 2.24) is 9.21 Å². The molecule has 2 amide bonds. The lowest BCUT2D eigenvalue weighted by Gasteiger charge is -2.42. The molecular weight excluding hydrogens is 543 g/mol. The number of urea groups is 1. The molecule has 6 rings (SSSR count). The van der Waals surface area contributed by atoms with E-state index in [0.717, 1.165) is 42.3 Å². The van der Waals surface area contributed by atoms with Crippen LogP contribution in [-0.4, -0.2) is 55.9 Å². The van der Waals surface area contributed by atoms with Gasteiger partial charge in [0.05, 0.1) is 24.5 Å². The average molecular weight is 572 g/mol. The Morgan fingerprint density at radius 3 is 2.39 bits per heavy atom. The smallest absolute Gasteiger partial charge is 0.339 e. The second-order valence-corrected chi connectivity index (χ2v) is 12.7. The van der Waals surface area contributed by atoms with E-state index in [-0.39, 0.29) is 18.0 Å². The number of fused-ring (bicyclic) bond motifs is 2. The van der Waals surface area contributed by atoms with E-state index in [1.165, 1.54) is 4.90 Å². The zero-order chi connectivity index (χ0) is 26.4. The predicted octanol–water partition coefficient (Wildman–Crippen LogP) is 5.61. The third kappa shape index (κ3) is 4.53. The zero-order valence-corrected chi connectivity index (χ0v) is 23.1. The first-order valence-corrected chi connectivity index (χ1v) is 15.0. The quantitative estimate of drug-likeness (QED) is 0.399. The molecule has 3 aliphatic heterocycles. The zero-order valence-electron chi connectivity index (χ0n) is 20.8. The molecule has 3 aliphatic rings. The van der Waals surface area contributed by atoms with Crippen LogP contribution in [0.4, 0.5) is 16.2 Å².